The van der Waals surface area contributed by atoms with E-state index in [-0.39, 0.29) is 30.1 Å². The highest BCUT2D eigenvalue weighted by molar-refractivity contribution is 6.17. The lowest BCUT2D eigenvalue weighted by Crippen LogP contribution is -2.53. The molecule has 3 aromatic carbocycles. The summed E-state index contributed by atoms with van der Waals surface area (Å²) in [5.41, 5.74) is 10.0. The minimum atomic E-state index is -1.59. The van der Waals surface area contributed by atoms with Crippen molar-refractivity contribution in [2.45, 2.75) is 31.1 Å². The number of allylic oxidation sites excluding steroid dienone is 2. The Labute approximate surface area is 276 Å². The van der Waals surface area contributed by atoms with Crippen LogP contribution in [0.2, 0.25) is 0 Å². The number of ether oxygens (including phenoxy) is 2. The molecule has 4 aliphatic rings. The number of aryl methyl sites for hydroxylation is 1. The van der Waals surface area contributed by atoms with Crippen LogP contribution in [0.25, 0.3) is 0 Å². The Morgan fingerprint density at radius 2 is 1.56 bits per heavy atom. The van der Waals surface area contributed by atoms with Gasteiger partial charge in [-0.15, -0.1) is 0 Å². The maximum absolute atomic E-state index is 15.2. The average Bonchev–Trinajstić information content (AvgIpc) is 3.46. The number of carbonyl (C=O) groups excluding carboxylic acids is 5. The van der Waals surface area contributed by atoms with E-state index in [1.807, 2.05) is 31.2 Å². The third-order valence-electron chi connectivity index (χ3n) is 10.4. The van der Waals surface area contributed by atoms with Crippen molar-refractivity contribution in [1.82, 2.24) is 9.91 Å². The molecule has 6 atom stereocenters. The zero-order valence-corrected chi connectivity index (χ0v) is 26.5. The Hall–Kier alpha value is -5.65. The standard InChI is InChI=1S/C36H34N4O8/c1-18-9-11-20(12-10-18)38-40-32(43)25-17-24-22(13-14-23-28(24)33(44)39(31(23)42)35(37)46)30(29-26(47-2)15-21(41)16-27(29)48-3)36(25,34(40)45)19-7-5-4-6-8-19/h4-13,15-16,23-25,28,30,38,41H,14,17H2,1-3H3,(H2,37,46)/t23-,24+,25-,28-,30+,36+/m0/s1. The number of hydrazine groups is 1. The molecule has 2 aliphatic carbocycles. The number of nitrogens with two attached hydrogens (primary N) is 1. The lowest BCUT2D eigenvalue weighted by atomic mass is 9.49. The topological polar surface area (TPSA) is 169 Å². The third-order valence-corrected chi connectivity index (χ3v) is 10.4. The molecular formula is C36H34N4O8. The van der Waals surface area contributed by atoms with E-state index in [4.69, 9.17) is 15.2 Å². The van der Waals surface area contributed by atoms with Crippen LogP contribution >= 0.6 is 0 Å². The second-order valence-electron chi connectivity index (χ2n) is 12.7. The van der Waals surface area contributed by atoms with Gasteiger partial charge in [-0.05, 0) is 43.4 Å². The summed E-state index contributed by atoms with van der Waals surface area (Å²) < 4.78 is 11.6. The predicted molar refractivity (Wildman–Crippen MR) is 171 cm³/mol. The lowest BCUT2D eigenvalue weighted by Gasteiger charge is -2.51. The summed E-state index contributed by atoms with van der Waals surface area (Å²) in [5, 5.41) is 11.7. The average molecular weight is 651 g/mol. The number of amides is 6. The van der Waals surface area contributed by atoms with Crippen LogP contribution in [-0.4, -0.2) is 58.9 Å². The predicted octanol–water partition coefficient (Wildman–Crippen LogP) is 3.78. The number of urea groups is 1. The Morgan fingerprint density at radius 1 is 0.917 bits per heavy atom. The maximum Gasteiger partial charge on any atom is 0.328 e. The van der Waals surface area contributed by atoms with Crippen LogP contribution in [0.1, 0.15) is 35.4 Å². The van der Waals surface area contributed by atoms with E-state index in [0.717, 1.165) is 10.6 Å². The number of anilines is 1. The molecule has 2 aliphatic heterocycles. The van der Waals surface area contributed by atoms with Crippen LogP contribution in [0.15, 0.2) is 78.4 Å². The number of aromatic hydroxyl groups is 1. The molecule has 0 radical (unpaired) electrons. The minimum absolute atomic E-state index is 0.0311. The molecule has 246 valence electrons. The molecule has 6 amide bonds. The fraction of sp³-hybridized carbons (Fsp3) is 0.306. The molecule has 0 spiro atoms. The van der Waals surface area contributed by atoms with Gasteiger partial charge in [-0.25, -0.2) is 4.79 Å². The van der Waals surface area contributed by atoms with Crippen molar-refractivity contribution in [3.63, 3.8) is 0 Å². The number of likely N-dealkylation sites (tertiary alicyclic amines) is 1. The highest BCUT2D eigenvalue weighted by Crippen LogP contribution is 2.66. The molecule has 3 aromatic rings. The van der Waals surface area contributed by atoms with Crippen molar-refractivity contribution in [3.05, 3.63) is 95.1 Å². The van der Waals surface area contributed by atoms with E-state index < -0.39 is 64.7 Å². The first-order valence-corrected chi connectivity index (χ1v) is 15.6. The highest BCUT2D eigenvalue weighted by Gasteiger charge is 2.71. The van der Waals surface area contributed by atoms with Gasteiger partial charge in [0.25, 0.3) is 11.8 Å². The molecule has 1 saturated carbocycles. The number of phenolic OH excluding ortho intramolecular Hbond substituents is 1. The second-order valence-corrected chi connectivity index (χ2v) is 12.7. The van der Waals surface area contributed by atoms with Crippen molar-refractivity contribution in [2.24, 2.45) is 29.4 Å². The number of hydrogen-bond donors (Lipinski definition) is 3. The quantitative estimate of drug-likeness (QED) is 0.266. The molecule has 0 unspecified atom stereocenters. The SMILES string of the molecule is COc1cc(O)cc(OC)c1[C@H]1C2=CC[C@@H]3C(=O)N(C(N)=O)C(=O)[C@@H]3[C@@H]2C[C@H]2C(=O)N(Nc3ccc(C)cc3)C(=O)[C@@]12c1ccccc1. The van der Waals surface area contributed by atoms with E-state index in [0.29, 0.717) is 27.3 Å². The number of nitrogens with one attached hydrogen (secondary N) is 1. The van der Waals surface area contributed by atoms with Gasteiger partial charge in [-0.1, -0.05) is 59.7 Å². The molecular weight excluding hydrogens is 616 g/mol. The number of imide groups is 4. The van der Waals surface area contributed by atoms with Crippen molar-refractivity contribution in [1.29, 1.82) is 0 Å². The molecule has 2 heterocycles. The van der Waals surface area contributed by atoms with Gasteiger partial charge in [-0.3, -0.25) is 24.6 Å². The van der Waals surface area contributed by atoms with E-state index in [1.54, 1.807) is 36.4 Å². The zero-order chi connectivity index (χ0) is 34.1. The summed E-state index contributed by atoms with van der Waals surface area (Å²) in [6.45, 7) is 1.93. The summed E-state index contributed by atoms with van der Waals surface area (Å²) >= 11 is 0. The number of methoxy groups -OCH3 is 2. The maximum atomic E-state index is 15.2. The second kappa shape index (κ2) is 11.3. The molecule has 12 heteroatoms. The largest absolute Gasteiger partial charge is 0.508 e. The van der Waals surface area contributed by atoms with Gasteiger partial charge in [0, 0.05) is 23.6 Å². The van der Waals surface area contributed by atoms with Crippen molar-refractivity contribution in [2.75, 3.05) is 19.6 Å². The van der Waals surface area contributed by atoms with Crippen LogP contribution in [0.3, 0.4) is 0 Å². The van der Waals surface area contributed by atoms with Crippen molar-refractivity contribution in [3.8, 4) is 17.2 Å². The van der Waals surface area contributed by atoms with Gasteiger partial charge < -0.3 is 20.3 Å². The fourth-order valence-corrected chi connectivity index (χ4v) is 8.49. The molecule has 12 nitrogen and oxygen atoms in total. The van der Waals surface area contributed by atoms with Crippen molar-refractivity contribution < 1.29 is 38.6 Å². The highest BCUT2D eigenvalue weighted by atomic mass is 16.5. The van der Waals surface area contributed by atoms with Crippen LogP contribution in [0.4, 0.5) is 10.5 Å². The zero-order valence-electron chi connectivity index (χ0n) is 26.5. The van der Waals surface area contributed by atoms with Crippen LogP contribution < -0.4 is 20.6 Å². The van der Waals surface area contributed by atoms with Crippen molar-refractivity contribution >= 4 is 35.3 Å². The summed E-state index contributed by atoms with van der Waals surface area (Å²) in [4.78, 5) is 69.9. The smallest absolute Gasteiger partial charge is 0.328 e. The van der Waals surface area contributed by atoms with Gasteiger partial charge in [0.15, 0.2) is 0 Å². The number of primary amides is 1. The van der Waals surface area contributed by atoms with Gasteiger partial charge in [0.1, 0.15) is 17.2 Å². The molecule has 4 N–H and O–H groups in total. The lowest BCUT2D eigenvalue weighted by molar-refractivity contribution is -0.139. The molecule has 3 fully saturated rings. The minimum Gasteiger partial charge on any atom is -0.508 e. The Bertz CT molecular complexity index is 1880. The summed E-state index contributed by atoms with van der Waals surface area (Å²) in [6.07, 6.45) is 1.98. The third kappa shape index (κ3) is 4.24. The summed E-state index contributed by atoms with van der Waals surface area (Å²) in [6, 6.07) is 17.9. The summed E-state index contributed by atoms with van der Waals surface area (Å²) in [5.74, 6) is -6.78. The Kier molecular flexibility index (Phi) is 7.26. The van der Waals surface area contributed by atoms with E-state index in [9.17, 15) is 24.3 Å². The van der Waals surface area contributed by atoms with Crippen LogP contribution in [0, 0.1) is 30.6 Å². The number of rotatable bonds is 6. The molecule has 2 saturated heterocycles. The first-order chi connectivity index (χ1) is 23.0. The van der Waals surface area contributed by atoms with Crippen LogP contribution in [-0.2, 0) is 24.6 Å². The van der Waals surface area contributed by atoms with E-state index >= 15 is 4.79 Å². The Morgan fingerprint density at radius 3 is 2.17 bits per heavy atom. The monoisotopic (exact) mass is 650 g/mol. The van der Waals surface area contributed by atoms with Gasteiger partial charge in [-0.2, -0.15) is 9.91 Å². The van der Waals surface area contributed by atoms with Gasteiger partial charge in [0.05, 0.1) is 43.1 Å². The first-order valence-electron chi connectivity index (χ1n) is 15.6. The van der Waals surface area contributed by atoms with Gasteiger partial charge in [0.2, 0.25) is 11.8 Å². The Balaban J connectivity index is 1.51. The number of benzene rings is 3. The van der Waals surface area contributed by atoms with E-state index in [1.165, 1.54) is 26.4 Å². The molecule has 7 rings (SSSR count). The number of phenols is 1. The normalized spacial score (nSPS) is 27.6. The van der Waals surface area contributed by atoms with Gasteiger partial charge >= 0.3 is 6.03 Å². The first kappa shape index (κ1) is 31.0. The molecule has 0 aromatic heterocycles. The molecule has 0 bridgehead atoms. The number of fused-ring (bicyclic) bond motifs is 4. The van der Waals surface area contributed by atoms with Crippen LogP contribution in [0.5, 0.6) is 17.2 Å². The number of hydrogen-bond acceptors (Lipinski definition) is 9. The number of nitrogens with zero attached hydrogens (tertiary/aromatic N) is 2. The fourth-order valence-electron chi connectivity index (χ4n) is 8.49. The molecule has 48 heavy (non-hydrogen) atoms. The summed E-state index contributed by atoms with van der Waals surface area (Å²) in [7, 11) is 2.85. The van der Waals surface area contributed by atoms with E-state index in [2.05, 4.69) is 5.43 Å². The number of carbonyl (C=O) groups is 5.